The van der Waals surface area contributed by atoms with Crippen LogP contribution in [0.2, 0.25) is 0 Å². The van der Waals surface area contributed by atoms with Crippen LogP contribution in [-0.4, -0.2) is 29.3 Å². The van der Waals surface area contributed by atoms with Crippen molar-refractivity contribution in [3.05, 3.63) is 29.3 Å². The van der Waals surface area contributed by atoms with E-state index in [1.807, 2.05) is 39.8 Å². The Morgan fingerprint density at radius 2 is 2.00 bits per heavy atom. The lowest BCUT2D eigenvalue weighted by Crippen LogP contribution is -2.42. The molecule has 5 nitrogen and oxygen atoms in total. The van der Waals surface area contributed by atoms with Crippen molar-refractivity contribution in [1.82, 2.24) is 0 Å². The van der Waals surface area contributed by atoms with E-state index < -0.39 is 23.6 Å². The summed E-state index contributed by atoms with van der Waals surface area (Å²) in [5, 5.41) is 9.35. The molecule has 1 aliphatic rings. The van der Waals surface area contributed by atoms with E-state index in [9.17, 15) is 14.7 Å². The minimum atomic E-state index is -0.856. The maximum Gasteiger partial charge on any atom is 0.414 e. The van der Waals surface area contributed by atoms with Gasteiger partial charge in [-0.2, -0.15) is 0 Å². The Bertz CT molecular complexity index is 574. The molecule has 0 aliphatic carbocycles. The maximum absolute atomic E-state index is 12.4. The molecule has 1 aliphatic heterocycles. The van der Waals surface area contributed by atoms with Gasteiger partial charge < -0.3 is 9.84 Å². The van der Waals surface area contributed by atoms with Gasteiger partial charge in [0.05, 0.1) is 11.6 Å². The number of fused-ring (bicyclic) bond motifs is 1. The van der Waals surface area contributed by atoms with Gasteiger partial charge in [-0.25, -0.2) is 4.79 Å². The van der Waals surface area contributed by atoms with Crippen molar-refractivity contribution in [2.75, 3.05) is 11.4 Å². The van der Waals surface area contributed by atoms with Gasteiger partial charge in [-0.05, 0) is 45.2 Å². The fourth-order valence-electron chi connectivity index (χ4n) is 2.61. The fourth-order valence-corrected chi connectivity index (χ4v) is 2.61. The number of anilines is 1. The van der Waals surface area contributed by atoms with Gasteiger partial charge in [-0.15, -0.1) is 0 Å². The third-order valence-corrected chi connectivity index (χ3v) is 3.47. The van der Waals surface area contributed by atoms with E-state index >= 15 is 0 Å². The van der Waals surface area contributed by atoms with E-state index in [4.69, 9.17) is 4.74 Å². The largest absolute Gasteiger partial charge is 0.481 e. The molecule has 1 N–H and O–H groups in total. The summed E-state index contributed by atoms with van der Waals surface area (Å²) in [5.41, 5.74) is 1.65. The van der Waals surface area contributed by atoms with Gasteiger partial charge in [0.2, 0.25) is 0 Å². The summed E-state index contributed by atoms with van der Waals surface area (Å²) in [7, 11) is 0. The van der Waals surface area contributed by atoms with E-state index in [0.717, 1.165) is 5.56 Å². The van der Waals surface area contributed by atoms with Gasteiger partial charge in [0.25, 0.3) is 0 Å². The number of amides is 1. The number of carbonyl (C=O) groups is 2. The molecule has 1 amide bonds. The average Bonchev–Trinajstić information content (AvgIpc) is 2.35. The van der Waals surface area contributed by atoms with Crippen LogP contribution < -0.4 is 4.90 Å². The zero-order valence-electron chi connectivity index (χ0n) is 12.8. The van der Waals surface area contributed by atoms with Crippen molar-refractivity contribution in [3.63, 3.8) is 0 Å². The topological polar surface area (TPSA) is 66.8 Å². The van der Waals surface area contributed by atoms with Crippen LogP contribution in [0, 0.1) is 6.92 Å². The molecule has 1 aromatic carbocycles. The molecule has 0 spiro atoms. The lowest BCUT2D eigenvalue weighted by molar-refractivity contribution is -0.139. The molecule has 2 rings (SSSR count). The summed E-state index contributed by atoms with van der Waals surface area (Å²) < 4.78 is 5.42. The molecule has 1 heterocycles. The SMILES string of the molecule is Cc1cccc2c1N(C(=O)OC(C)(C)C)CCC2C(=O)O. The van der Waals surface area contributed by atoms with E-state index in [2.05, 4.69) is 0 Å². The number of benzene rings is 1. The third kappa shape index (κ3) is 3.17. The summed E-state index contributed by atoms with van der Waals surface area (Å²) in [5.74, 6) is -1.43. The number of carboxylic acid groups (broad SMARTS) is 1. The third-order valence-electron chi connectivity index (χ3n) is 3.47. The lowest BCUT2D eigenvalue weighted by Gasteiger charge is -2.35. The number of carbonyl (C=O) groups excluding carboxylic acids is 1. The summed E-state index contributed by atoms with van der Waals surface area (Å²) >= 11 is 0. The Labute approximate surface area is 124 Å². The van der Waals surface area contributed by atoms with Gasteiger partial charge in [0.15, 0.2) is 0 Å². The van der Waals surface area contributed by atoms with Crippen LogP contribution in [0.5, 0.6) is 0 Å². The normalized spacial score (nSPS) is 18.1. The standard InChI is InChI=1S/C16H21NO4/c1-10-6-5-7-11-12(14(18)19)8-9-17(13(10)11)15(20)21-16(2,3)4/h5-7,12H,8-9H2,1-4H3,(H,18,19). The number of carboxylic acids is 1. The zero-order valence-corrected chi connectivity index (χ0v) is 12.8. The van der Waals surface area contributed by atoms with Crippen LogP contribution in [0.25, 0.3) is 0 Å². The van der Waals surface area contributed by atoms with Gasteiger partial charge >= 0.3 is 12.1 Å². The number of ether oxygens (including phenoxy) is 1. The number of aliphatic carboxylic acids is 1. The maximum atomic E-state index is 12.4. The molecule has 1 atom stereocenters. The highest BCUT2D eigenvalue weighted by atomic mass is 16.6. The van der Waals surface area contributed by atoms with Crippen LogP contribution in [0.15, 0.2) is 18.2 Å². The molecule has 0 saturated carbocycles. The number of para-hydroxylation sites is 1. The second-order valence-corrected chi connectivity index (χ2v) is 6.32. The predicted molar refractivity (Wildman–Crippen MR) is 79.8 cm³/mol. The van der Waals surface area contributed by atoms with Crippen LogP contribution in [-0.2, 0) is 9.53 Å². The van der Waals surface area contributed by atoms with E-state index in [-0.39, 0.29) is 0 Å². The van der Waals surface area contributed by atoms with E-state index in [1.54, 1.807) is 11.0 Å². The summed E-state index contributed by atoms with van der Waals surface area (Å²) in [6.07, 6.45) is -0.0349. The summed E-state index contributed by atoms with van der Waals surface area (Å²) in [6.45, 7) is 7.67. The van der Waals surface area contributed by atoms with E-state index in [0.29, 0.717) is 24.2 Å². The first-order chi connectivity index (χ1) is 9.70. The highest BCUT2D eigenvalue weighted by Crippen LogP contribution is 2.38. The van der Waals surface area contributed by atoms with Crippen molar-refractivity contribution < 1.29 is 19.4 Å². The number of hydrogen-bond donors (Lipinski definition) is 1. The highest BCUT2D eigenvalue weighted by Gasteiger charge is 2.35. The van der Waals surface area contributed by atoms with Gasteiger partial charge in [-0.3, -0.25) is 9.69 Å². The van der Waals surface area contributed by atoms with Crippen molar-refractivity contribution in [1.29, 1.82) is 0 Å². The predicted octanol–water partition coefficient (Wildman–Crippen LogP) is 3.31. The lowest BCUT2D eigenvalue weighted by atomic mass is 9.88. The monoisotopic (exact) mass is 291 g/mol. The molecule has 0 saturated heterocycles. The smallest absolute Gasteiger partial charge is 0.414 e. The first-order valence-corrected chi connectivity index (χ1v) is 7.03. The van der Waals surface area contributed by atoms with Crippen molar-refractivity contribution >= 4 is 17.7 Å². The van der Waals surface area contributed by atoms with Crippen LogP contribution >= 0.6 is 0 Å². The highest BCUT2D eigenvalue weighted by molar-refractivity contribution is 5.93. The van der Waals surface area contributed by atoms with Gasteiger partial charge in [-0.1, -0.05) is 18.2 Å². The molecule has 5 heteroatoms. The summed E-state index contributed by atoms with van der Waals surface area (Å²) in [6, 6.07) is 5.47. The fraction of sp³-hybridized carbons (Fsp3) is 0.500. The first kappa shape index (κ1) is 15.4. The molecule has 0 fully saturated rings. The number of hydrogen-bond acceptors (Lipinski definition) is 3. The summed E-state index contributed by atoms with van der Waals surface area (Å²) in [4.78, 5) is 25.3. The van der Waals surface area contributed by atoms with Crippen molar-refractivity contribution in [2.45, 2.75) is 45.6 Å². The molecule has 0 aromatic heterocycles. The number of nitrogens with zero attached hydrogens (tertiary/aromatic N) is 1. The van der Waals surface area contributed by atoms with Gasteiger partial charge in [0.1, 0.15) is 5.60 Å². The first-order valence-electron chi connectivity index (χ1n) is 7.03. The Balaban J connectivity index is 2.42. The Morgan fingerprint density at radius 3 is 2.57 bits per heavy atom. The average molecular weight is 291 g/mol. The van der Waals surface area contributed by atoms with E-state index in [1.165, 1.54) is 0 Å². The quantitative estimate of drug-likeness (QED) is 0.862. The minimum Gasteiger partial charge on any atom is -0.481 e. The van der Waals surface area contributed by atoms with Crippen molar-refractivity contribution in [2.24, 2.45) is 0 Å². The number of rotatable bonds is 1. The Kier molecular flexibility index (Phi) is 3.94. The van der Waals surface area contributed by atoms with Gasteiger partial charge in [0, 0.05) is 6.54 Å². The molecule has 21 heavy (non-hydrogen) atoms. The Morgan fingerprint density at radius 1 is 1.33 bits per heavy atom. The molecular formula is C16H21NO4. The molecule has 114 valence electrons. The molecule has 1 unspecified atom stereocenters. The van der Waals surface area contributed by atoms with Crippen LogP contribution in [0.1, 0.15) is 44.2 Å². The van der Waals surface area contributed by atoms with Crippen LogP contribution in [0.4, 0.5) is 10.5 Å². The second kappa shape index (κ2) is 5.39. The molecule has 0 bridgehead atoms. The number of aryl methyl sites for hydroxylation is 1. The zero-order chi connectivity index (χ0) is 15.8. The molecule has 1 aromatic rings. The molecule has 0 radical (unpaired) electrons. The van der Waals surface area contributed by atoms with Crippen LogP contribution in [0.3, 0.4) is 0 Å². The second-order valence-electron chi connectivity index (χ2n) is 6.32. The minimum absolute atomic E-state index is 0.351. The van der Waals surface area contributed by atoms with Crippen molar-refractivity contribution in [3.8, 4) is 0 Å². The Hall–Kier alpha value is -2.04. The molecular weight excluding hydrogens is 270 g/mol.